The van der Waals surface area contributed by atoms with Gasteiger partial charge in [0.05, 0.1) is 21.8 Å². The average molecular weight is 387 g/mol. The fourth-order valence-corrected chi connectivity index (χ4v) is 4.92. The van der Waals surface area contributed by atoms with Gasteiger partial charge in [0.15, 0.2) is 9.84 Å². The van der Waals surface area contributed by atoms with Crippen LogP contribution in [-0.4, -0.2) is 26.9 Å². The molecule has 1 saturated carbocycles. The summed E-state index contributed by atoms with van der Waals surface area (Å²) in [5.74, 6) is 0. The minimum Gasteiger partial charge on any atom is -0.381 e. The molecule has 0 saturated heterocycles. The molecule has 0 spiro atoms. The van der Waals surface area contributed by atoms with Crippen LogP contribution >= 0.6 is 15.9 Å². The molecular formula is C13H14BrF3O3S. The Bertz CT molecular complexity index is 628. The molecule has 0 aliphatic heterocycles. The molecule has 0 heterocycles. The van der Waals surface area contributed by atoms with Crippen LogP contribution in [0.1, 0.15) is 24.8 Å². The van der Waals surface area contributed by atoms with E-state index in [2.05, 4.69) is 15.9 Å². The summed E-state index contributed by atoms with van der Waals surface area (Å²) in [5.41, 5.74) is -1.13. The van der Waals surface area contributed by atoms with E-state index >= 15 is 0 Å². The van der Waals surface area contributed by atoms with Gasteiger partial charge in [-0.15, -0.1) is 0 Å². The van der Waals surface area contributed by atoms with Crippen molar-refractivity contribution in [2.45, 2.75) is 41.7 Å². The van der Waals surface area contributed by atoms with Crippen molar-refractivity contribution in [2.24, 2.45) is 0 Å². The molecule has 118 valence electrons. The Kier molecular flexibility index (Phi) is 4.70. The van der Waals surface area contributed by atoms with Gasteiger partial charge < -0.3 is 4.74 Å². The van der Waals surface area contributed by atoms with Crippen LogP contribution in [0.25, 0.3) is 0 Å². The zero-order chi connectivity index (χ0) is 15.8. The third-order valence-corrected chi connectivity index (χ3v) is 6.43. The second-order valence-corrected chi connectivity index (χ2v) is 8.09. The van der Waals surface area contributed by atoms with Crippen LogP contribution in [0.4, 0.5) is 13.2 Å². The van der Waals surface area contributed by atoms with Crippen molar-refractivity contribution in [3.8, 4) is 0 Å². The predicted molar refractivity (Wildman–Crippen MR) is 74.8 cm³/mol. The molecule has 1 aliphatic carbocycles. The van der Waals surface area contributed by atoms with E-state index in [-0.39, 0.29) is 17.0 Å². The summed E-state index contributed by atoms with van der Waals surface area (Å²) in [5, 5.41) is -0.829. The summed E-state index contributed by atoms with van der Waals surface area (Å²) in [7, 11) is -2.56. The normalized spacial score (nSPS) is 23.5. The lowest BCUT2D eigenvalue weighted by molar-refractivity contribution is -0.139. The highest BCUT2D eigenvalue weighted by Gasteiger charge is 2.42. The van der Waals surface area contributed by atoms with E-state index < -0.39 is 31.7 Å². The summed E-state index contributed by atoms with van der Waals surface area (Å²) < 4.78 is 69.5. The molecule has 1 aromatic rings. The van der Waals surface area contributed by atoms with Crippen LogP contribution in [0.15, 0.2) is 27.6 Å². The largest absolute Gasteiger partial charge is 0.417 e. The van der Waals surface area contributed by atoms with Crippen LogP contribution in [0.2, 0.25) is 0 Å². The molecule has 0 unspecified atom stereocenters. The maximum Gasteiger partial charge on any atom is 0.417 e. The van der Waals surface area contributed by atoms with Crippen molar-refractivity contribution in [1.82, 2.24) is 0 Å². The van der Waals surface area contributed by atoms with Gasteiger partial charge in [0.1, 0.15) is 0 Å². The molecule has 1 aromatic carbocycles. The average Bonchev–Trinajstić information content (AvgIpc) is 2.86. The zero-order valence-electron chi connectivity index (χ0n) is 11.2. The fourth-order valence-electron chi connectivity index (χ4n) is 2.55. The highest BCUT2D eigenvalue weighted by molar-refractivity contribution is 9.10. The Morgan fingerprint density at radius 1 is 1.29 bits per heavy atom. The zero-order valence-corrected chi connectivity index (χ0v) is 13.6. The standard InChI is InChI=1S/C13H14BrF3O3S/c1-20-9-3-4-10(7-9)21(18,19)12-5-2-8(14)6-11(12)13(15,16)17/h2,5-6,9-10H,3-4,7H2,1H3/t9-,10+/m0/s1. The van der Waals surface area contributed by atoms with Crippen molar-refractivity contribution < 1.29 is 26.3 Å². The van der Waals surface area contributed by atoms with Gasteiger partial charge in [-0.3, -0.25) is 0 Å². The van der Waals surface area contributed by atoms with E-state index in [4.69, 9.17) is 4.74 Å². The van der Waals surface area contributed by atoms with E-state index in [0.717, 1.165) is 12.1 Å². The number of sulfone groups is 1. The van der Waals surface area contributed by atoms with Crippen LogP contribution in [-0.2, 0) is 20.8 Å². The Labute approximate surface area is 129 Å². The molecule has 0 N–H and O–H groups in total. The number of alkyl halides is 3. The monoisotopic (exact) mass is 386 g/mol. The number of rotatable bonds is 3. The van der Waals surface area contributed by atoms with Gasteiger partial charge in [-0.1, -0.05) is 15.9 Å². The van der Waals surface area contributed by atoms with Gasteiger partial charge in [0, 0.05) is 11.6 Å². The van der Waals surface area contributed by atoms with E-state index in [9.17, 15) is 21.6 Å². The quantitative estimate of drug-likeness (QED) is 0.793. The first kappa shape index (κ1) is 16.8. The maximum atomic E-state index is 13.1. The molecular weight excluding hydrogens is 373 g/mol. The first-order chi connectivity index (χ1) is 9.66. The lowest BCUT2D eigenvalue weighted by atomic mass is 10.2. The molecule has 3 nitrogen and oxygen atoms in total. The molecule has 1 aliphatic rings. The van der Waals surface area contributed by atoms with Crippen molar-refractivity contribution >= 4 is 25.8 Å². The lowest BCUT2D eigenvalue weighted by Crippen LogP contribution is -2.23. The first-order valence-electron chi connectivity index (χ1n) is 6.29. The molecule has 0 amide bonds. The Morgan fingerprint density at radius 2 is 1.95 bits per heavy atom. The first-order valence-corrected chi connectivity index (χ1v) is 8.63. The Morgan fingerprint density at radius 3 is 2.48 bits per heavy atom. The van der Waals surface area contributed by atoms with Crippen molar-refractivity contribution in [2.75, 3.05) is 7.11 Å². The number of methoxy groups -OCH3 is 1. The Balaban J connectivity index is 2.46. The summed E-state index contributed by atoms with van der Waals surface area (Å²) in [6.07, 6.45) is -3.85. The van der Waals surface area contributed by atoms with Crippen molar-refractivity contribution in [1.29, 1.82) is 0 Å². The van der Waals surface area contributed by atoms with Crippen molar-refractivity contribution in [3.05, 3.63) is 28.2 Å². The second kappa shape index (κ2) is 5.89. The molecule has 21 heavy (non-hydrogen) atoms. The van der Waals surface area contributed by atoms with Crippen LogP contribution < -0.4 is 0 Å². The SMILES string of the molecule is CO[C@H]1CC[C@@H](S(=O)(=O)c2ccc(Br)cc2C(F)(F)F)C1. The fraction of sp³-hybridized carbons (Fsp3) is 0.538. The third kappa shape index (κ3) is 3.43. The van der Waals surface area contributed by atoms with E-state index in [1.807, 2.05) is 0 Å². The van der Waals surface area contributed by atoms with Gasteiger partial charge in [-0.05, 0) is 37.5 Å². The highest BCUT2D eigenvalue weighted by Crippen LogP contribution is 2.39. The minimum atomic E-state index is -4.72. The molecule has 0 aromatic heterocycles. The molecule has 0 bridgehead atoms. The van der Waals surface area contributed by atoms with Crippen LogP contribution in [0, 0.1) is 0 Å². The third-order valence-electron chi connectivity index (χ3n) is 3.66. The molecule has 8 heteroatoms. The summed E-state index contributed by atoms with van der Waals surface area (Å²) in [6, 6.07) is 3.13. The maximum absolute atomic E-state index is 13.1. The summed E-state index contributed by atoms with van der Waals surface area (Å²) in [6.45, 7) is 0. The van der Waals surface area contributed by atoms with E-state index in [1.165, 1.54) is 13.2 Å². The van der Waals surface area contributed by atoms with Gasteiger partial charge in [0.25, 0.3) is 0 Å². The number of hydrogen-bond acceptors (Lipinski definition) is 3. The highest BCUT2D eigenvalue weighted by atomic mass is 79.9. The van der Waals surface area contributed by atoms with Crippen molar-refractivity contribution in [3.63, 3.8) is 0 Å². The van der Waals surface area contributed by atoms with Gasteiger partial charge in [-0.2, -0.15) is 13.2 Å². The molecule has 2 rings (SSSR count). The molecule has 2 atom stereocenters. The lowest BCUT2D eigenvalue weighted by Gasteiger charge is -2.17. The summed E-state index contributed by atoms with van der Waals surface area (Å²) in [4.78, 5) is -0.653. The van der Waals surface area contributed by atoms with Gasteiger partial charge in [-0.25, -0.2) is 8.42 Å². The van der Waals surface area contributed by atoms with Gasteiger partial charge in [0.2, 0.25) is 0 Å². The number of halogens is 4. The molecule has 0 radical (unpaired) electrons. The smallest absolute Gasteiger partial charge is 0.381 e. The molecule has 1 fully saturated rings. The van der Waals surface area contributed by atoms with Gasteiger partial charge >= 0.3 is 6.18 Å². The number of ether oxygens (including phenoxy) is 1. The number of hydrogen-bond donors (Lipinski definition) is 0. The number of benzene rings is 1. The van der Waals surface area contributed by atoms with E-state index in [1.54, 1.807) is 0 Å². The van der Waals surface area contributed by atoms with E-state index in [0.29, 0.717) is 12.8 Å². The van der Waals surface area contributed by atoms with Crippen LogP contribution in [0.3, 0.4) is 0 Å². The van der Waals surface area contributed by atoms with Crippen LogP contribution in [0.5, 0.6) is 0 Å². The Hall–Kier alpha value is -0.600. The second-order valence-electron chi connectivity index (χ2n) is 4.98. The predicted octanol–water partition coefficient (Wildman–Crippen LogP) is 3.81. The topological polar surface area (TPSA) is 43.4 Å². The summed E-state index contributed by atoms with van der Waals surface area (Å²) >= 11 is 2.94. The minimum absolute atomic E-state index is 0.190.